The first-order chi connectivity index (χ1) is 10.2. The van der Waals surface area contributed by atoms with Gasteiger partial charge in [0.1, 0.15) is 5.75 Å². The van der Waals surface area contributed by atoms with Crippen LogP contribution in [0, 0.1) is 11.3 Å². The summed E-state index contributed by atoms with van der Waals surface area (Å²) in [7, 11) is 1.50. The summed E-state index contributed by atoms with van der Waals surface area (Å²) in [5.41, 5.74) is 0.904. The van der Waals surface area contributed by atoms with Crippen LogP contribution in [0.3, 0.4) is 0 Å². The number of nitriles is 1. The Bertz CT molecular complexity index is 646. The Morgan fingerprint density at radius 3 is 3.05 bits per heavy atom. The molecular formula is C14H15N5O2. The van der Waals surface area contributed by atoms with Crippen LogP contribution in [0.15, 0.2) is 36.9 Å². The Kier molecular flexibility index (Phi) is 4.77. The number of carbonyl (C=O) groups excluding carboxylic acids is 1. The molecular weight excluding hydrogens is 270 g/mol. The van der Waals surface area contributed by atoms with Crippen molar-refractivity contribution in [3.05, 3.63) is 42.5 Å². The van der Waals surface area contributed by atoms with Crippen LogP contribution in [-0.4, -0.2) is 29.2 Å². The Morgan fingerprint density at radius 1 is 1.52 bits per heavy atom. The number of hydrogen-bond acceptors (Lipinski definition) is 4. The molecule has 21 heavy (non-hydrogen) atoms. The molecule has 1 aromatic heterocycles. The van der Waals surface area contributed by atoms with E-state index >= 15 is 0 Å². The van der Waals surface area contributed by atoms with Crippen molar-refractivity contribution in [2.75, 3.05) is 19.0 Å². The maximum atomic E-state index is 11.8. The topological polar surface area (TPSA) is 92.0 Å². The second-order valence-electron chi connectivity index (χ2n) is 4.21. The summed E-state index contributed by atoms with van der Waals surface area (Å²) in [6.45, 7) is 1.09. The summed E-state index contributed by atoms with van der Waals surface area (Å²) in [5, 5.41) is 14.3. The molecule has 0 aliphatic carbocycles. The van der Waals surface area contributed by atoms with Crippen molar-refractivity contribution in [2.45, 2.75) is 6.54 Å². The number of hydrogen-bond donors (Lipinski definition) is 2. The standard InChI is InChI=1S/C14H15N5O2/c1-21-13-3-2-11(9-15)8-12(13)18-14(20)17-5-7-19-6-4-16-10-19/h2-4,6,8,10H,5,7H2,1H3,(H2,17,18,20). The van der Waals surface area contributed by atoms with E-state index in [-0.39, 0.29) is 6.03 Å². The number of carbonyl (C=O) groups is 1. The molecule has 0 aliphatic rings. The summed E-state index contributed by atoms with van der Waals surface area (Å²) >= 11 is 0. The van der Waals surface area contributed by atoms with Gasteiger partial charge in [0.25, 0.3) is 0 Å². The predicted octanol–water partition coefficient (Wildman–Crippen LogP) is 1.59. The van der Waals surface area contributed by atoms with Crippen LogP contribution in [0.2, 0.25) is 0 Å². The van der Waals surface area contributed by atoms with Gasteiger partial charge in [0.15, 0.2) is 0 Å². The van der Waals surface area contributed by atoms with Crippen molar-refractivity contribution in [3.8, 4) is 11.8 Å². The van der Waals surface area contributed by atoms with Crippen molar-refractivity contribution in [1.82, 2.24) is 14.9 Å². The van der Waals surface area contributed by atoms with E-state index < -0.39 is 0 Å². The molecule has 1 aromatic carbocycles. The lowest BCUT2D eigenvalue weighted by molar-refractivity contribution is 0.251. The van der Waals surface area contributed by atoms with Gasteiger partial charge >= 0.3 is 6.03 Å². The predicted molar refractivity (Wildman–Crippen MR) is 77.0 cm³/mol. The van der Waals surface area contributed by atoms with Gasteiger partial charge in [0.05, 0.1) is 30.8 Å². The molecule has 0 unspecified atom stereocenters. The van der Waals surface area contributed by atoms with E-state index in [1.807, 2.05) is 16.8 Å². The number of amides is 2. The summed E-state index contributed by atoms with van der Waals surface area (Å²) in [4.78, 5) is 15.7. The van der Waals surface area contributed by atoms with Crippen molar-refractivity contribution in [2.24, 2.45) is 0 Å². The van der Waals surface area contributed by atoms with Crippen LogP contribution in [0.4, 0.5) is 10.5 Å². The molecule has 0 bridgehead atoms. The zero-order valence-corrected chi connectivity index (χ0v) is 11.5. The van der Waals surface area contributed by atoms with Crippen molar-refractivity contribution < 1.29 is 9.53 Å². The molecule has 2 amide bonds. The summed E-state index contributed by atoms with van der Waals surface area (Å²) in [5.74, 6) is 0.499. The first kappa shape index (κ1) is 14.4. The van der Waals surface area contributed by atoms with Crippen LogP contribution in [0.1, 0.15) is 5.56 Å². The lowest BCUT2D eigenvalue weighted by atomic mass is 10.2. The van der Waals surface area contributed by atoms with Gasteiger partial charge in [-0.3, -0.25) is 0 Å². The van der Waals surface area contributed by atoms with Crippen molar-refractivity contribution in [1.29, 1.82) is 5.26 Å². The fourth-order valence-electron chi connectivity index (χ4n) is 1.76. The number of ether oxygens (including phenoxy) is 1. The molecule has 1 heterocycles. The molecule has 0 radical (unpaired) electrons. The van der Waals surface area contributed by atoms with E-state index in [0.29, 0.717) is 30.1 Å². The third-order valence-corrected chi connectivity index (χ3v) is 2.79. The first-order valence-corrected chi connectivity index (χ1v) is 6.31. The summed E-state index contributed by atoms with van der Waals surface area (Å²) in [6, 6.07) is 6.49. The Labute approximate surface area is 122 Å². The van der Waals surface area contributed by atoms with E-state index in [1.54, 1.807) is 30.7 Å². The molecule has 2 rings (SSSR count). The number of rotatable bonds is 5. The molecule has 0 atom stereocenters. The lowest BCUT2D eigenvalue weighted by Gasteiger charge is -2.11. The number of anilines is 1. The third-order valence-electron chi connectivity index (χ3n) is 2.79. The minimum atomic E-state index is -0.358. The SMILES string of the molecule is COc1ccc(C#N)cc1NC(=O)NCCn1ccnc1. The molecule has 7 nitrogen and oxygen atoms in total. The zero-order valence-electron chi connectivity index (χ0n) is 11.5. The van der Waals surface area contributed by atoms with Gasteiger partial charge in [0.2, 0.25) is 0 Å². The minimum Gasteiger partial charge on any atom is -0.495 e. The van der Waals surface area contributed by atoms with Crippen molar-refractivity contribution >= 4 is 11.7 Å². The van der Waals surface area contributed by atoms with E-state index in [9.17, 15) is 4.79 Å². The van der Waals surface area contributed by atoms with Gasteiger partial charge in [-0.25, -0.2) is 9.78 Å². The summed E-state index contributed by atoms with van der Waals surface area (Å²) in [6.07, 6.45) is 5.18. The molecule has 0 saturated carbocycles. The van der Waals surface area contributed by atoms with Crippen LogP contribution in [0.25, 0.3) is 0 Å². The number of nitrogens with zero attached hydrogens (tertiary/aromatic N) is 3. The zero-order chi connectivity index (χ0) is 15.1. The maximum Gasteiger partial charge on any atom is 0.319 e. The Balaban J connectivity index is 1.91. The first-order valence-electron chi connectivity index (χ1n) is 6.31. The molecule has 0 saturated heterocycles. The fraction of sp³-hybridized carbons (Fsp3) is 0.214. The fourth-order valence-corrected chi connectivity index (χ4v) is 1.76. The molecule has 0 fully saturated rings. The maximum absolute atomic E-state index is 11.8. The molecule has 108 valence electrons. The van der Waals surface area contributed by atoms with E-state index in [0.717, 1.165) is 0 Å². The number of benzene rings is 1. The highest BCUT2D eigenvalue weighted by Crippen LogP contribution is 2.24. The van der Waals surface area contributed by atoms with E-state index in [2.05, 4.69) is 15.6 Å². The van der Waals surface area contributed by atoms with E-state index in [4.69, 9.17) is 10.00 Å². The Morgan fingerprint density at radius 2 is 2.38 bits per heavy atom. The van der Waals surface area contributed by atoms with Crippen LogP contribution in [-0.2, 0) is 6.54 Å². The molecule has 7 heteroatoms. The van der Waals surface area contributed by atoms with Gasteiger partial charge in [-0.2, -0.15) is 5.26 Å². The summed E-state index contributed by atoms with van der Waals surface area (Å²) < 4.78 is 7.00. The van der Waals surface area contributed by atoms with Crippen molar-refractivity contribution in [3.63, 3.8) is 0 Å². The average molecular weight is 285 g/mol. The number of methoxy groups -OCH3 is 1. The van der Waals surface area contributed by atoms with Gasteiger partial charge in [-0.15, -0.1) is 0 Å². The minimum absolute atomic E-state index is 0.358. The monoisotopic (exact) mass is 285 g/mol. The third kappa shape index (κ3) is 3.98. The van der Waals surface area contributed by atoms with Gasteiger partial charge in [-0.05, 0) is 18.2 Å². The molecule has 0 aliphatic heterocycles. The highest BCUT2D eigenvalue weighted by Gasteiger charge is 2.08. The molecule has 0 spiro atoms. The van der Waals surface area contributed by atoms with Gasteiger partial charge in [-0.1, -0.05) is 0 Å². The van der Waals surface area contributed by atoms with Crippen LogP contribution in [0.5, 0.6) is 5.75 Å². The average Bonchev–Trinajstić information content (AvgIpc) is 3.00. The van der Waals surface area contributed by atoms with Gasteiger partial charge in [0, 0.05) is 25.5 Å². The van der Waals surface area contributed by atoms with Crippen LogP contribution < -0.4 is 15.4 Å². The second kappa shape index (κ2) is 6.96. The molecule has 2 N–H and O–H groups in total. The normalized spacial score (nSPS) is 9.71. The molecule has 2 aromatic rings. The largest absolute Gasteiger partial charge is 0.495 e. The lowest BCUT2D eigenvalue weighted by Crippen LogP contribution is -2.31. The highest BCUT2D eigenvalue weighted by atomic mass is 16.5. The Hall–Kier alpha value is -3.01. The number of urea groups is 1. The number of nitrogens with one attached hydrogen (secondary N) is 2. The van der Waals surface area contributed by atoms with Gasteiger partial charge < -0.3 is 19.9 Å². The second-order valence-corrected chi connectivity index (χ2v) is 4.21. The smallest absolute Gasteiger partial charge is 0.319 e. The van der Waals surface area contributed by atoms with E-state index in [1.165, 1.54) is 7.11 Å². The quantitative estimate of drug-likeness (QED) is 0.872. The van der Waals surface area contributed by atoms with Crippen LogP contribution >= 0.6 is 0 Å². The highest BCUT2D eigenvalue weighted by molar-refractivity contribution is 5.91. The number of aromatic nitrogens is 2. The number of imidazole rings is 1.